The van der Waals surface area contributed by atoms with E-state index in [1.165, 1.54) is 21.8 Å². The molecule has 0 atom stereocenters. The van der Waals surface area contributed by atoms with Crippen LogP contribution in [0.15, 0.2) is 29.2 Å². The fourth-order valence-electron chi connectivity index (χ4n) is 1.78. The summed E-state index contributed by atoms with van der Waals surface area (Å²) in [6, 6.07) is 8.37. The first-order valence-electron chi connectivity index (χ1n) is 6.65. The van der Waals surface area contributed by atoms with Gasteiger partial charge in [-0.15, -0.1) is 11.8 Å². The monoisotopic (exact) mass is 322 g/mol. The number of anilines is 1. The lowest BCUT2D eigenvalue weighted by Gasteiger charge is -2.03. The molecule has 1 aromatic heterocycles. The molecule has 0 unspecified atom stereocenters. The summed E-state index contributed by atoms with van der Waals surface area (Å²) >= 11 is 3.06. The standard InChI is InChI=1S/C15H18N2O2S2/c1-4-19-14(18)13-10(2)17-15(21-13)16-9-11-5-7-12(20-3)8-6-11/h5-8H,4,9H2,1-3H3,(H,16,17). The minimum Gasteiger partial charge on any atom is -0.462 e. The fourth-order valence-corrected chi connectivity index (χ4v) is 3.04. The molecule has 0 bridgehead atoms. The van der Waals surface area contributed by atoms with Gasteiger partial charge in [0.05, 0.1) is 12.3 Å². The first kappa shape index (κ1) is 15.9. The molecule has 21 heavy (non-hydrogen) atoms. The van der Waals surface area contributed by atoms with E-state index in [9.17, 15) is 4.79 Å². The molecule has 2 rings (SSSR count). The summed E-state index contributed by atoms with van der Waals surface area (Å²) in [6.07, 6.45) is 2.06. The molecule has 0 aliphatic rings. The maximum absolute atomic E-state index is 11.7. The minimum absolute atomic E-state index is 0.301. The molecule has 0 amide bonds. The van der Waals surface area contributed by atoms with E-state index in [1.54, 1.807) is 18.7 Å². The molecule has 0 saturated carbocycles. The van der Waals surface area contributed by atoms with Crippen molar-refractivity contribution in [3.63, 3.8) is 0 Å². The maximum atomic E-state index is 11.7. The lowest BCUT2D eigenvalue weighted by atomic mass is 10.2. The average Bonchev–Trinajstić information content (AvgIpc) is 2.87. The number of esters is 1. The number of rotatable bonds is 6. The molecule has 0 spiro atoms. The van der Waals surface area contributed by atoms with Crippen LogP contribution in [0.4, 0.5) is 5.13 Å². The highest BCUT2D eigenvalue weighted by Gasteiger charge is 2.16. The number of thiazole rings is 1. The smallest absolute Gasteiger partial charge is 0.350 e. The van der Waals surface area contributed by atoms with Crippen LogP contribution in [-0.2, 0) is 11.3 Å². The highest BCUT2D eigenvalue weighted by atomic mass is 32.2. The van der Waals surface area contributed by atoms with Gasteiger partial charge in [0.15, 0.2) is 5.13 Å². The second-order valence-corrected chi connectivity index (χ2v) is 6.23. The van der Waals surface area contributed by atoms with Crippen LogP contribution in [0.1, 0.15) is 27.9 Å². The van der Waals surface area contributed by atoms with Crippen LogP contribution >= 0.6 is 23.1 Å². The van der Waals surface area contributed by atoms with E-state index in [0.29, 0.717) is 23.7 Å². The van der Waals surface area contributed by atoms with Crippen LogP contribution in [0.2, 0.25) is 0 Å². The summed E-state index contributed by atoms with van der Waals surface area (Å²) in [6.45, 7) is 4.68. The molecule has 2 aromatic rings. The zero-order valence-corrected chi connectivity index (χ0v) is 13.9. The number of thioether (sulfide) groups is 1. The summed E-state index contributed by atoms with van der Waals surface area (Å²) in [5.74, 6) is -0.301. The second-order valence-electron chi connectivity index (χ2n) is 4.36. The molecule has 0 aliphatic carbocycles. The molecule has 0 aliphatic heterocycles. The van der Waals surface area contributed by atoms with Crippen LogP contribution in [-0.4, -0.2) is 23.8 Å². The topological polar surface area (TPSA) is 51.2 Å². The Morgan fingerprint density at radius 1 is 1.38 bits per heavy atom. The minimum atomic E-state index is -0.301. The van der Waals surface area contributed by atoms with Gasteiger partial charge in [-0.25, -0.2) is 9.78 Å². The molecule has 0 saturated heterocycles. The van der Waals surface area contributed by atoms with Gasteiger partial charge in [0, 0.05) is 11.4 Å². The van der Waals surface area contributed by atoms with Crippen LogP contribution in [0.5, 0.6) is 0 Å². The van der Waals surface area contributed by atoms with E-state index in [4.69, 9.17) is 4.74 Å². The van der Waals surface area contributed by atoms with Crippen molar-refractivity contribution in [1.29, 1.82) is 0 Å². The Bertz CT molecular complexity index is 609. The summed E-state index contributed by atoms with van der Waals surface area (Å²) in [7, 11) is 0. The maximum Gasteiger partial charge on any atom is 0.350 e. The molecule has 0 radical (unpaired) electrons. The van der Waals surface area contributed by atoms with Gasteiger partial charge in [0.2, 0.25) is 0 Å². The molecule has 4 nitrogen and oxygen atoms in total. The van der Waals surface area contributed by atoms with Gasteiger partial charge in [-0.2, -0.15) is 0 Å². The highest BCUT2D eigenvalue weighted by Crippen LogP contribution is 2.24. The van der Waals surface area contributed by atoms with Gasteiger partial charge in [-0.1, -0.05) is 23.5 Å². The lowest BCUT2D eigenvalue weighted by molar-refractivity contribution is 0.0531. The van der Waals surface area contributed by atoms with E-state index in [1.807, 2.05) is 6.92 Å². The predicted octanol–water partition coefficient (Wildman–Crippen LogP) is 3.96. The Labute approximate surface area is 132 Å². The van der Waals surface area contributed by atoms with Crippen LogP contribution in [0.3, 0.4) is 0 Å². The Hall–Kier alpha value is -1.53. The van der Waals surface area contributed by atoms with Gasteiger partial charge < -0.3 is 10.1 Å². The molecule has 0 fully saturated rings. The van der Waals surface area contributed by atoms with Crippen molar-refractivity contribution in [1.82, 2.24) is 4.98 Å². The summed E-state index contributed by atoms with van der Waals surface area (Å²) in [5, 5.41) is 3.99. The molecule has 1 aromatic carbocycles. The van der Waals surface area contributed by atoms with Gasteiger partial charge >= 0.3 is 5.97 Å². The number of ether oxygens (including phenoxy) is 1. The van der Waals surface area contributed by atoms with Crippen LogP contribution < -0.4 is 5.32 Å². The number of aryl methyl sites for hydroxylation is 1. The number of carbonyl (C=O) groups excluding carboxylic acids is 1. The van der Waals surface area contributed by atoms with E-state index in [0.717, 1.165) is 5.13 Å². The normalized spacial score (nSPS) is 10.4. The van der Waals surface area contributed by atoms with Crippen molar-refractivity contribution in [2.75, 3.05) is 18.2 Å². The van der Waals surface area contributed by atoms with Crippen molar-refractivity contribution in [3.8, 4) is 0 Å². The first-order valence-corrected chi connectivity index (χ1v) is 8.69. The van der Waals surface area contributed by atoms with Gasteiger partial charge in [-0.3, -0.25) is 0 Å². The SMILES string of the molecule is CCOC(=O)c1sc(NCc2ccc(SC)cc2)nc1C. The van der Waals surface area contributed by atoms with Gasteiger partial charge in [-0.05, 0) is 37.8 Å². The first-order chi connectivity index (χ1) is 10.1. The largest absolute Gasteiger partial charge is 0.462 e. The average molecular weight is 322 g/mol. The number of nitrogens with zero attached hydrogens (tertiary/aromatic N) is 1. The Morgan fingerprint density at radius 2 is 2.10 bits per heavy atom. The van der Waals surface area contributed by atoms with Crippen molar-refractivity contribution in [3.05, 3.63) is 40.4 Å². The second kappa shape index (κ2) is 7.47. The Morgan fingerprint density at radius 3 is 2.71 bits per heavy atom. The Kier molecular flexibility index (Phi) is 5.64. The van der Waals surface area contributed by atoms with Crippen LogP contribution in [0.25, 0.3) is 0 Å². The van der Waals surface area contributed by atoms with E-state index < -0.39 is 0 Å². The lowest BCUT2D eigenvalue weighted by Crippen LogP contribution is -2.03. The third-order valence-electron chi connectivity index (χ3n) is 2.86. The van der Waals surface area contributed by atoms with Crippen molar-refractivity contribution >= 4 is 34.2 Å². The third-order valence-corrected chi connectivity index (χ3v) is 4.70. The summed E-state index contributed by atoms with van der Waals surface area (Å²) < 4.78 is 5.01. The fraction of sp³-hybridized carbons (Fsp3) is 0.333. The summed E-state index contributed by atoms with van der Waals surface area (Å²) in [4.78, 5) is 17.9. The molecule has 1 heterocycles. The molecular weight excluding hydrogens is 304 g/mol. The Balaban J connectivity index is 1.99. The van der Waals surface area contributed by atoms with E-state index in [-0.39, 0.29) is 5.97 Å². The number of nitrogens with one attached hydrogen (secondary N) is 1. The number of hydrogen-bond acceptors (Lipinski definition) is 6. The molecule has 112 valence electrons. The number of carbonyl (C=O) groups is 1. The zero-order valence-electron chi connectivity index (χ0n) is 12.3. The molecule has 6 heteroatoms. The number of aromatic nitrogens is 1. The van der Waals surface area contributed by atoms with E-state index in [2.05, 4.69) is 40.8 Å². The van der Waals surface area contributed by atoms with E-state index >= 15 is 0 Å². The van der Waals surface area contributed by atoms with Crippen LogP contribution in [0, 0.1) is 6.92 Å². The molecule has 1 N–H and O–H groups in total. The highest BCUT2D eigenvalue weighted by molar-refractivity contribution is 7.98. The van der Waals surface area contributed by atoms with Crippen molar-refractivity contribution < 1.29 is 9.53 Å². The zero-order chi connectivity index (χ0) is 15.2. The van der Waals surface area contributed by atoms with Gasteiger partial charge in [0.25, 0.3) is 0 Å². The number of hydrogen-bond donors (Lipinski definition) is 1. The molecular formula is C15H18N2O2S2. The van der Waals surface area contributed by atoms with Crippen molar-refractivity contribution in [2.45, 2.75) is 25.3 Å². The van der Waals surface area contributed by atoms with Gasteiger partial charge in [0.1, 0.15) is 4.88 Å². The summed E-state index contributed by atoms with van der Waals surface area (Å²) in [5.41, 5.74) is 1.89. The van der Waals surface area contributed by atoms with Crippen molar-refractivity contribution in [2.24, 2.45) is 0 Å². The number of benzene rings is 1. The third kappa shape index (κ3) is 4.22. The quantitative estimate of drug-likeness (QED) is 0.644. The predicted molar refractivity (Wildman–Crippen MR) is 88.4 cm³/mol.